The van der Waals surface area contributed by atoms with E-state index >= 15 is 0 Å². The van der Waals surface area contributed by atoms with Crippen LogP contribution in [-0.2, 0) is 4.84 Å². The third kappa shape index (κ3) is 18.1. The highest BCUT2D eigenvalue weighted by molar-refractivity contribution is 4.50. The molecule has 0 fully saturated rings. The van der Waals surface area contributed by atoms with Crippen molar-refractivity contribution in [2.75, 3.05) is 26.3 Å². The number of unbranched alkanes of at least 4 members (excludes halogenated alkanes) is 13. The van der Waals surface area contributed by atoms with Crippen molar-refractivity contribution in [2.45, 2.75) is 104 Å². The molecule has 0 bridgehead atoms. The van der Waals surface area contributed by atoms with Gasteiger partial charge >= 0.3 is 0 Å². The van der Waals surface area contributed by atoms with Gasteiger partial charge < -0.3 is 5.11 Å². The fourth-order valence-electron chi connectivity index (χ4n) is 2.97. The van der Waals surface area contributed by atoms with E-state index in [2.05, 4.69) is 13.8 Å². The van der Waals surface area contributed by atoms with E-state index in [-0.39, 0.29) is 6.61 Å². The molecule has 0 unspecified atom stereocenters. The van der Waals surface area contributed by atoms with Crippen LogP contribution >= 0.6 is 0 Å². The molecule has 0 aliphatic rings. The van der Waals surface area contributed by atoms with Gasteiger partial charge in [-0.05, 0) is 6.42 Å². The van der Waals surface area contributed by atoms with Gasteiger partial charge in [0.25, 0.3) is 0 Å². The fourth-order valence-corrected chi connectivity index (χ4v) is 2.97. The molecular formula is C20H43NO2. The number of hydroxylamine groups is 2. The lowest BCUT2D eigenvalue weighted by Crippen LogP contribution is -2.26. The van der Waals surface area contributed by atoms with E-state index in [1.807, 2.05) is 5.06 Å². The molecule has 0 heterocycles. The molecule has 23 heavy (non-hydrogen) atoms. The molecule has 140 valence electrons. The highest BCUT2D eigenvalue weighted by atomic mass is 16.7. The SMILES string of the molecule is CCCCCCCCCCCCCCCCN(CC)OCCO. The number of hydrogen-bond acceptors (Lipinski definition) is 3. The standard InChI is InChI=1S/C20H43NO2/c1-3-5-6-7-8-9-10-11-12-13-14-15-16-17-18-21(4-2)23-20-19-22/h22H,3-20H2,1-2H3. The average Bonchev–Trinajstić information content (AvgIpc) is 2.57. The minimum atomic E-state index is 0.106. The minimum absolute atomic E-state index is 0.106. The molecular weight excluding hydrogens is 286 g/mol. The summed E-state index contributed by atoms with van der Waals surface area (Å²) in [5.41, 5.74) is 0. The van der Waals surface area contributed by atoms with Crippen molar-refractivity contribution in [1.29, 1.82) is 0 Å². The van der Waals surface area contributed by atoms with Crippen LogP contribution in [0.5, 0.6) is 0 Å². The van der Waals surface area contributed by atoms with E-state index < -0.39 is 0 Å². The first kappa shape index (κ1) is 22.9. The van der Waals surface area contributed by atoms with Crippen LogP contribution < -0.4 is 0 Å². The maximum Gasteiger partial charge on any atom is 0.0916 e. The zero-order valence-corrected chi connectivity index (χ0v) is 16.0. The molecule has 0 aromatic carbocycles. The van der Waals surface area contributed by atoms with Gasteiger partial charge in [0.05, 0.1) is 13.2 Å². The van der Waals surface area contributed by atoms with Crippen molar-refractivity contribution >= 4 is 0 Å². The Labute approximate surface area is 145 Å². The zero-order valence-electron chi connectivity index (χ0n) is 16.0. The third-order valence-electron chi connectivity index (χ3n) is 4.48. The first-order valence-electron chi connectivity index (χ1n) is 10.3. The third-order valence-corrected chi connectivity index (χ3v) is 4.48. The van der Waals surface area contributed by atoms with Crippen LogP contribution in [0.1, 0.15) is 104 Å². The van der Waals surface area contributed by atoms with E-state index in [1.165, 1.54) is 89.9 Å². The van der Waals surface area contributed by atoms with Crippen molar-refractivity contribution in [2.24, 2.45) is 0 Å². The number of aliphatic hydroxyl groups is 1. The number of rotatable bonds is 19. The first-order chi connectivity index (χ1) is 11.3. The summed E-state index contributed by atoms with van der Waals surface area (Å²) in [6.07, 6.45) is 19.5. The Morgan fingerprint density at radius 3 is 1.48 bits per heavy atom. The second-order valence-corrected chi connectivity index (χ2v) is 6.67. The molecule has 0 amide bonds. The summed E-state index contributed by atoms with van der Waals surface area (Å²) in [6.45, 7) is 6.81. The van der Waals surface area contributed by atoms with Crippen molar-refractivity contribution in [3.05, 3.63) is 0 Å². The molecule has 0 aliphatic heterocycles. The molecule has 0 atom stereocenters. The lowest BCUT2D eigenvalue weighted by molar-refractivity contribution is -0.163. The van der Waals surface area contributed by atoms with Gasteiger partial charge in [0.1, 0.15) is 0 Å². The smallest absolute Gasteiger partial charge is 0.0916 e. The molecule has 0 saturated heterocycles. The Hall–Kier alpha value is -0.120. The molecule has 0 spiro atoms. The average molecular weight is 330 g/mol. The Bertz CT molecular complexity index is 212. The van der Waals surface area contributed by atoms with Crippen LogP contribution in [-0.4, -0.2) is 36.5 Å². The van der Waals surface area contributed by atoms with Crippen molar-refractivity contribution in [1.82, 2.24) is 5.06 Å². The summed E-state index contributed by atoms with van der Waals surface area (Å²) in [4.78, 5) is 5.44. The van der Waals surface area contributed by atoms with Gasteiger partial charge in [0, 0.05) is 13.1 Å². The molecule has 0 radical (unpaired) electrons. The van der Waals surface area contributed by atoms with Crippen LogP contribution in [0.2, 0.25) is 0 Å². The molecule has 3 nitrogen and oxygen atoms in total. The summed E-state index contributed by atoms with van der Waals surface area (Å²) in [6, 6.07) is 0. The maximum atomic E-state index is 8.75. The van der Waals surface area contributed by atoms with Gasteiger partial charge in [0.15, 0.2) is 0 Å². The van der Waals surface area contributed by atoms with E-state index in [0.717, 1.165) is 13.1 Å². The van der Waals surface area contributed by atoms with Crippen LogP contribution in [0.15, 0.2) is 0 Å². The normalized spacial score (nSPS) is 11.5. The van der Waals surface area contributed by atoms with Crippen LogP contribution in [0.25, 0.3) is 0 Å². The highest BCUT2D eigenvalue weighted by Gasteiger charge is 2.01. The molecule has 0 aromatic heterocycles. The van der Waals surface area contributed by atoms with E-state index in [9.17, 15) is 0 Å². The van der Waals surface area contributed by atoms with Gasteiger partial charge in [-0.25, -0.2) is 0 Å². The van der Waals surface area contributed by atoms with Crippen molar-refractivity contribution in [3.8, 4) is 0 Å². The molecule has 0 rings (SSSR count). The molecule has 1 N–H and O–H groups in total. The molecule has 0 saturated carbocycles. The van der Waals surface area contributed by atoms with E-state index in [1.54, 1.807) is 0 Å². The van der Waals surface area contributed by atoms with Gasteiger partial charge in [0.2, 0.25) is 0 Å². The molecule has 0 aromatic rings. The summed E-state index contributed by atoms with van der Waals surface area (Å²) in [7, 11) is 0. The Morgan fingerprint density at radius 1 is 0.652 bits per heavy atom. The largest absolute Gasteiger partial charge is 0.394 e. The first-order valence-corrected chi connectivity index (χ1v) is 10.3. The van der Waals surface area contributed by atoms with Gasteiger partial charge in [-0.15, -0.1) is 0 Å². The predicted molar refractivity (Wildman–Crippen MR) is 101 cm³/mol. The Balaban J connectivity index is 3.12. The topological polar surface area (TPSA) is 32.7 Å². The number of nitrogens with zero attached hydrogens (tertiary/aromatic N) is 1. The number of hydrogen-bond donors (Lipinski definition) is 1. The highest BCUT2D eigenvalue weighted by Crippen LogP contribution is 2.13. The van der Waals surface area contributed by atoms with E-state index in [4.69, 9.17) is 9.94 Å². The summed E-state index contributed by atoms with van der Waals surface area (Å²) in [5, 5.41) is 10.7. The van der Waals surface area contributed by atoms with Gasteiger partial charge in [-0.1, -0.05) is 97.3 Å². The van der Waals surface area contributed by atoms with Gasteiger partial charge in [-0.3, -0.25) is 4.84 Å². The lowest BCUT2D eigenvalue weighted by Gasteiger charge is -2.19. The quantitative estimate of drug-likeness (QED) is 0.243. The van der Waals surface area contributed by atoms with Crippen molar-refractivity contribution < 1.29 is 9.94 Å². The second-order valence-electron chi connectivity index (χ2n) is 6.67. The Morgan fingerprint density at radius 2 is 1.09 bits per heavy atom. The predicted octanol–water partition coefficient (Wildman–Crippen LogP) is 5.71. The van der Waals surface area contributed by atoms with Crippen LogP contribution in [0.4, 0.5) is 0 Å². The van der Waals surface area contributed by atoms with Gasteiger partial charge in [-0.2, -0.15) is 5.06 Å². The summed E-state index contributed by atoms with van der Waals surface area (Å²) >= 11 is 0. The molecule has 3 heteroatoms. The fraction of sp³-hybridized carbons (Fsp3) is 1.00. The van der Waals surface area contributed by atoms with Crippen LogP contribution in [0, 0.1) is 0 Å². The second kappa shape index (κ2) is 19.9. The van der Waals surface area contributed by atoms with Crippen LogP contribution in [0.3, 0.4) is 0 Å². The maximum absolute atomic E-state index is 8.75. The zero-order chi connectivity index (χ0) is 17.0. The Kier molecular flexibility index (Phi) is 19.8. The molecule has 0 aliphatic carbocycles. The lowest BCUT2D eigenvalue weighted by atomic mass is 10.0. The van der Waals surface area contributed by atoms with E-state index in [0.29, 0.717) is 6.61 Å². The summed E-state index contributed by atoms with van der Waals surface area (Å²) < 4.78 is 0. The van der Waals surface area contributed by atoms with Crippen molar-refractivity contribution in [3.63, 3.8) is 0 Å². The number of aliphatic hydroxyl groups excluding tert-OH is 1. The monoisotopic (exact) mass is 329 g/mol. The minimum Gasteiger partial charge on any atom is -0.394 e. The summed E-state index contributed by atoms with van der Waals surface area (Å²) in [5.74, 6) is 0.